The van der Waals surface area contributed by atoms with Crippen LogP contribution in [-0.2, 0) is 12.8 Å². The molecule has 0 saturated carbocycles. The Labute approximate surface area is 260 Å². The van der Waals surface area contributed by atoms with Crippen LogP contribution in [0.25, 0.3) is 11.1 Å². The van der Waals surface area contributed by atoms with Crippen molar-refractivity contribution >= 4 is 0 Å². The van der Waals surface area contributed by atoms with Gasteiger partial charge in [0.1, 0.15) is 11.5 Å². The summed E-state index contributed by atoms with van der Waals surface area (Å²) in [6, 6.07) is 13.2. The van der Waals surface area contributed by atoms with Gasteiger partial charge in [0.25, 0.3) is 0 Å². The van der Waals surface area contributed by atoms with E-state index in [0.29, 0.717) is 0 Å². The first kappa shape index (κ1) is 35.7. The average Bonchev–Trinajstić information content (AvgIpc) is 3.00. The van der Waals surface area contributed by atoms with Crippen molar-refractivity contribution in [1.29, 1.82) is 0 Å². The fourth-order valence-electron chi connectivity index (χ4n) is 5.61. The van der Waals surface area contributed by atoms with Crippen LogP contribution in [-0.4, -0.2) is 13.2 Å². The summed E-state index contributed by atoms with van der Waals surface area (Å²) in [6.45, 7) is 14.1. The van der Waals surface area contributed by atoms with E-state index in [4.69, 9.17) is 9.47 Å². The Morgan fingerprint density at radius 3 is 1.52 bits per heavy atom. The predicted molar refractivity (Wildman–Crippen MR) is 185 cm³/mol. The number of allylic oxidation sites excluding steroid dienone is 2. The standard InChI is InChI=1S/C40H62O2/c1-5-9-11-13-15-17-19-21-23-31-41-39-30-28-36(34-37(39)26-8-4)38-33-35(25-7-3)27-29-40(38)42-32-24-22-20-18-16-14-12-10-6-2/h7-8,27-30,33-34H,3-6,9-26,31-32H2,1-2H3. The molecular weight excluding hydrogens is 512 g/mol. The highest BCUT2D eigenvalue weighted by Gasteiger charge is 2.12. The highest BCUT2D eigenvalue weighted by Crippen LogP contribution is 2.35. The second-order valence-corrected chi connectivity index (χ2v) is 12.0. The molecule has 0 aliphatic rings. The predicted octanol–water partition coefficient (Wildman–Crippen LogP) is 12.6. The van der Waals surface area contributed by atoms with E-state index in [1.807, 2.05) is 12.2 Å². The average molecular weight is 575 g/mol. The van der Waals surface area contributed by atoms with Crippen LogP contribution >= 0.6 is 0 Å². The lowest BCUT2D eigenvalue weighted by atomic mass is 9.97. The largest absolute Gasteiger partial charge is 0.493 e. The van der Waals surface area contributed by atoms with Crippen molar-refractivity contribution in [3.63, 3.8) is 0 Å². The summed E-state index contributed by atoms with van der Waals surface area (Å²) >= 11 is 0. The topological polar surface area (TPSA) is 18.5 Å². The van der Waals surface area contributed by atoms with Gasteiger partial charge in [-0.1, -0.05) is 141 Å². The highest BCUT2D eigenvalue weighted by atomic mass is 16.5. The molecule has 2 nitrogen and oxygen atoms in total. The zero-order valence-corrected chi connectivity index (χ0v) is 27.4. The molecule has 42 heavy (non-hydrogen) atoms. The molecule has 0 saturated heterocycles. The van der Waals surface area contributed by atoms with E-state index >= 15 is 0 Å². The van der Waals surface area contributed by atoms with Gasteiger partial charge in [-0.15, -0.1) is 13.2 Å². The van der Waals surface area contributed by atoms with Crippen LogP contribution in [0.3, 0.4) is 0 Å². The minimum absolute atomic E-state index is 0.767. The second-order valence-electron chi connectivity index (χ2n) is 12.0. The number of rotatable bonds is 27. The molecule has 234 valence electrons. The van der Waals surface area contributed by atoms with E-state index < -0.39 is 0 Å². The molecule has 2 heteroatoms. The molecule has 0 unspecified atom stereocenters. The van der Waals surface area contributed by atoms with Gasteiger partial charge in [0.2, 0.25) is 0 Å². The zero-order chi connectivity index (χ0) is 30.1. The number of benzene rings is 2. The summed E-state index contributed by atoms with van der Waals surface area (Å²) in [6.07, 6.45) is 29.4. The molecule has 0 aliphatic carbocycles. The fraction of sp³-hybridized carbons (Fsp3) is 0.600. The summed E-state index contributed by atoms with van der Waals surface area (Å²) in [5, 5.41) is 0. The Hall–Kier alpha value is -2.48. The van der Waals surface area contributed by atoms with E-state index in [9.17, 15) is 0 Å². The molecule has 2 rings (SSSR count). The summed E-state index contributed by atoms with van der Waals surface area (Å²) in [5.74, 6) is 1.95. The van der Waals surface area contributed by atoms with Gasteiger partial charge in [0.15, 0.2) is 0 Å². The molecule has 0 amide bonds. The highest BCUT2D eigenvalue weighted by molar-refractivity contribution is 5.73. The van der Waals surface area contributed by atoms with Crippen LogP contribution in [0, 0.1) is 0 Å². The third-order valence-corrected chi connectivity index (χ3v) is 8.17. The Bertz CT molecular complexity index is 976. The first-order valence-electron chi connectivity index (χ1n) is 17.5. The lowest BCUT2D eigenvalue weighted by Crippen LogP contribution is -2.02. The van der Waals surface area contributed by atoms with Crippen molar-refractivity contribution in [2.24, 2.45) is 0 Å². The van der Waals surface area contributed by atoms with Crippen molar-refractivity contribution in [3.8, 4) is 22.6 Å². The molecule has 0 N–H and O–H groups in total. The van der Waals surface area contributed by atoms with Crippen molar-refractivity contribution in [3.05, 3.63) is 72.8 Å². The molecule has 0 bridgehead atoms. The van der Waals surface area contributed by atoms with Gasteiger partial charge in [0, 0.05) is 5.56 Å². The van der Waals surface area contributed by atoms with E-state index in [1.165, 1.54) is 119 Å². The number of ether oxygens (including phenoxy) is 2. The van der Waals surface area contributed by atoms with E-state index in [-0.39, 0.29) is 0 Å². The summed E-state index contributed by atoms with van der Waals surface area (Å²) in [4.78, 5) is 0. The molecule has 0 aliphatic heterocycles. The van der Waals surface area contributed by atoms with Gasteiger partial charge in [-0.05, 0) is 66.6 Å². The lowest BCUT2D eigenvalue weighted by molar-refractivity contribution is 0.301. The fourth-order valence-corrected chi connectivity index (χ4v) is 5.61. The van der Waals surface area contributed by atoms with Gasteiger partial charge in [-0.25, -0.2) is 0 Å². The van der Waals surface area contributed by atoms with E-state index in [1.54, 1.807) is 0 Å². The maximum atomic E-state index is 6.38. The first-order valence-corrected chi connectivity index (χ1v) is 17.5. The first-order chi connectivity index (χ1) is 20.7. The quantitative estimate of drug-likeness (QED) is 0.0780. The molecular formula is C40H62O2. The van der Waals surface area contributed by atoms with Crippen molar-refractivity contribution in [2.45, 2.75) is 142 Å². The normalized spacial score (nSPS) is 11.0. The smallest absolute Gasteiger partial charge is 0.127 e. The Kier molecular flexibility index (Phi) is 20.4. The molecule has 0 heterocycles. The maximum Gasteiger partial charge on any atom is 0.127 e. The van der Waals surface area contributed by atoms with E-state index in [0.717, 1.165) is 56.0 Å². The van der Waals surface area contributed by atoms with Gasteiger partial charge in [-0.3, -0.25) is 0 Å². The number of hydrogen-bond donors (Lipinski definition) is 0. The zero-order valence-electron chi connectivity index (χ0n) is 27.4. The van der Waals surface area contributed by atoms with Gasteiger partial charge < -0.3 is 9.47 Å². The Balaban J connectivity index is 1.92. The van der Waals surface area contributed by atoms with Crippen molar-refractivity contribution in [1.82, 2.24) is 0 Å². The SMILES string of the molecule is C=CCc1ccc(OCCCCCCCCCCC)c(-c2ccc(OCCCCCCCCCCC)c(CC=C)c2)c1. The minimum Gasteiger partial charge on any atom is -0.493 e. The molecule has 2 aromatic carbocycles. The van der Waals surface area contributed by atoms with Crippen LogP contribution in [0.2, 0.25) is 0 Å². The second kappa shape index (κ2) is 24.0. The van der Waals surface area contributed by atoms with Crippen LogP contribution in [0.5, 0.6) is 11.5 Å². The summed E-state index contributed by atoms with van der Waals surface area (Å²) in [7, 11) is 0. The molecule has 0 atom stereocenters. The Morgan fingerprint density at radius 1 is 0.524 bits per heavy atom. The van der Waals surface area contributed by atoms with Gasteiger partial charge in [0.05, 0.1) is 13.2 Å². The number of hydrogen-bond acceptors (Lipinski definition) is 2. The molecule has 0 spiro atoms. The molecule has 0 aromatic heterocycles. The van der Waals surface area contributed by atoms with Crippen LogP contribution in [0.15, 0.2) is 61.7 Å². The summed E-state index contributed by atoms with van der Waals surface area (Å²) in [5.41, 5.74) is 4.78. The van der Waals surface area contributed by atoms with E-state index in [2.05, 4.69) is 63.4 Å². The van der Waals surface area contributed by atoms with Crippen LogP contribution in [0.1, 0.15) is 141 Å². The monoisotopic (exact) mass is 574 g/mol. The molecule has 0 radical (unpaired) electrons. The van der Waals surface area contributed by atoms with Gasteiger partial charge in [-0.2, -0.15) is 0 Å². The van der Waals surface area contributed by atoms with Crippen molar-refractivity contribution in [2.75, 3.05) is 13.2 Å². The summed E-state index contributed by atoms with van der Waals surface area (Å²) < 4.78 is 12.7. The van der Waals surface area contributed by atoms with Gasteiger partial charge >= 0.3 is 0 Å². The van der Waals surface area contributed by atoms with Crippen molar-refractivity contribution < 1.29 is 9.47 Å². The molecule has 0 fully saturated rings. The number of unbranched alkanes of at least 4 members (excludes halogenated alkanes) is 16. The molecule has 2 aromatic rings. The Morgan fingerprint density at radius 2 is 1.00 bits per heavy atom. The maximum absolute atomic E-state index is 6.38. The third-order valence-electron chi connectivity index (χ3n) is 8.17. The van der Waals surface area contributed by atoms with Crippen LogP contribution in [0.4, 0.5) is 0 Å². The lowest BCUT2D eigenvalue weighted by Gasteiger charge is -2.16. The third kappa shape index (κ3) is 15.1. The minimum atomic E-state index is 0.767. The van der Waals surface area contributed by atoms with Crippen LogP contribution < -0.4 is 9.47 Å².